The first kappa shape index (κ1) is 29.0. The van der Waals surface area contributed by atoms with Gasteiger partial charge < -0.3 is 19.7 Å². The number of hydrogen-bond donors (Lipinski definition) is 1. The lowest BCUT2D eigenvalue weighted by molar-refractivity contribution is -0.186. The van der Waals surface area contributed by atoms with Gasteiger partial charge in [-0.2, -0.15) is 8.78 Å². The third-order valence-electron chi connectivity index (χ3n) is 5.24. The number of carbonyl (C=O) groups excluding carboxylic acids is 2. The summed E-state index contributed by atoms with van der Waals surface area (Å²) in [5.74, 6) is -0.971. The van der Waals surface area contributed by atoms with E-state index in [1.54, 1.807) is 57.4 Å². The van der Waals surface area contributed by atoms with Gasteiger partial charge in [0.25, 0.3) is 5.91 Å². The predicted molar refractivity (Wildman–Crippen MR) is 128 cm³/mol. The van der Waals surface area contributed by atoms with E-state index >= 15 is 0 Å². The minimum absolute atomic E-state index is 0.0120. The maximum absolute atomic E-state index is 13.2. The molecule has 0 aliphatic carbocycles. The number of nitrogens with one attached hydrogen (secondary N) is 1. The number of aromatic nitrogens is 2. The molecule has 198 valence electrons. The molecule has 0 unspecified atom stereocenters. The number of halogens is 3. The first-order valence-electron chi connectivity index (χ1n) is 11.4. The lowest BCUT2D eigenvalue weighted by atomic mass is 10.0. The number of carbonyl (C=O) groups is 2. The average molecular weight is 511 g/mol. The molecule has 2 aromatic rings. The maximum Gasteiger partial charge on any atom is 0.408 e. The van der Waals surface area contributed by atoms with Gasteiger partial charge >= 0.3 is 12.5 Å². The molecule has 0 radical (unpaired) electrons. The van der Waals surface area contributed by atoms with Crippen molar-refractivity contribution < 1.29 is 32.2 Å². The minimum Gasteiger partial charge on any atom is -0.444 e. The molecule has 8 nitrogen and oxygen atoms in total. The van der Waals surface area contributed by atoms with Crippen LogP contribution in [0.5, 0.6) is 0 Å². The zero-order chi connectivity index (χ0) is 27.1. The molecule has 1 atom stereocenters. The molecule has 1 aromatic heterocycles. The summed E-state index contributed by atoms with van der Waals surface area (Å²) in [7, 11) is 1.22. The molecule has 0 fully saturated rings. The van der Waals surface area contributed by atoms with E-state index in [-0.39, 0.29) is 13.0 Å². The monoisotopic (exact) mass is 510 g/mol. The molecule has 0 bridgehead atoms. The lowest BCUT2D eigenvalue weighted by Crippen LogP contribution is -2.49. The van der Waals surface area contributed by atoms with Gasteiger partial charge in [-0.3, -0.25) is 9.18 Å². The molecule has 1 aromatic carbocycles. The zero-order valence-corrected chi connectivity index (χ0v) is 21.3. The van der Waals surface area contributed by atoms with E-state index in [1.807, 2.05) is 0 Å². The van der Waals surface area contributed by atoms with Crippen LogP contribution in [0.1, 0.15) is 58.5 Å². The highest BCUT2D eigenvalue weighted by molar-refractivity contribution is 5.79. The summed E-state index contributed by atoms with van der Waals surface area (Å²) in [5.41, 5.74) is 0.135. The molecule has 1 N–H and O–H groups in total. The van der Waals surface area contributed by atoms with E-state index < -0.39 is 42.5 Å². The number of ether oxygens (including phenoxy) is 2. The van der Waals surface area contributed by atoms with Gasteiger partial charge in [-0.1, -0.05) is 24.3 Å². The zero-order valence-electron chi connectivity index (χ0n) is 21.3. The average Bonchev–Trinajstić information content (AvgIpc) is 2.80. The molecule has 1 heterocycles. The second-order valence-corrected chi connectivity index (χ2v) is 9.59. The van der Waals surface area contributed by atoms with Gasteiger partial charge in [0.15, 0.2) is 0 Å². The Bertz CT molecular complexity index is 1010. The second kappa shape index (κ2) is 12.2. The molecule has 0 saturated heterocycles. The van der Waals surface area contributed by atoms with Crippen molar-refractivity contribution in [2.75, 3.05) is 13.7 Å². The summed E-state index contributed by atoms with van der Waals surface area (Å²) in [6.07, 6.45) is -1.29. The lowest BCUT2D eigenvalue weighted by Gasteiger charge is -2.38. The maximum atomic E-state index is 13.2. The molecule has 0 spiro atoms. The fourth-order valence-corrected chi connectivity index (χ4v) is 3.18. The highest BCUT2D eigenvalue weighted by Crippen LogP contribution is 2.31. The van der Waals surface area contributed by atoms with E-state index in [0.717, 1.165) is 10.5 Å². The van der Waals surface area contributed by atoms with Crippen LogP contribution in [0.15, 0.2) is 36.7 Å². The standard InChI is InChI=1S/C25H33F3N4O4/c1-24(2,3)36-23(34)31-15-20-29-13-18(14-30-20)16-7-9-17(10-8-16)19(11-12-26)35-25(4,5)32(6)22(33)21(27)28/h7-10,13-14,19,21H,11-12,15H2,1-6H3,(H,31,34)/t19-/m0/s1. The smallest absolute Gasteiger partial charge is 0.408 e. The first-order chi connectivity index (χ1) is 16.7. The molecular weight excluding hydrogens is 477 g/mol. The van der Waals surface area contributed by atoms with E-state index in [4.69, 9.17) is 9.47 Å². The molecule has 11 heteroatoms. The molecule has 2 amide bonds. The number of hydrogen-bond acceptors (Lipinski definition) is 6. The van der Waals surface area contributed by atoms with Gasteiger partial charge in [-0.15, -0.1) is 0 Å². The molecule has 36 heavy (non-hydrogen) atoms. The first-order valence-corrected chi connectivity index (χ1v) is 11.4. The van der Waals surface area contributed by atoms with Crippen molar-refractivity contribution in [2.24, 2.45) is 0 Å². The quantitative estimate of drug-likeness (QED) is 0.450. The number of nitrogens with zero attached hydrogens (tertiary/aromatic N) is 3. The van der Waals surface area contributed by atoms with E-state index in [1.165, 1.54) is 20.9 Å². The van der Waals surface area contributed by atoms with Gasteiger partial charge in [0.1, 0.15) is 17.2 Å². The summed E-state index contributed by atoms with van der Waals surface area (Å²) in [6, 6.07) is 7.03. The van der Waals surface area contributed by atoms with E-state index in [0.29, 0.717) is 17.0 Å². The van der Waals surface area contributed by atoms with Crippen LogP contribution in [0, 0.1) is 0 Å². The Morgan fingerprint density at radius 2 is 1.61 bits per heavy atom. The van der Waals surface area contributed by atoms with Crippen LogP contribution in [-0.4, -0.2) is 58.3 Å². The second-order valence-electron chi connectivity index (χ2n) is 9.59. The highest BCUT2D eigenvalue weighted by atomic mass is 19.3. The Morgan fingerprint density at radius 3 is 2.11 bits per heavy atom. The van der Waals surface area contributed by atoms with Crippen molar-refractivity contribution in [1.29, 1.82) is 0 Å². The van der Waals surface area contributed by atoms with Crippen LogP contribution in [0.25, 0.3) is 11.1 Å². The van der Waals surface area contributed by atoms with Crippen molar-refractivity contribution in [3.8, 4) is 11.1 Å². The Hall–Kier alpha value is -3.21. The number of benzene rings is 1. The summed E-state index contributed by atoms with van der Waals surface area (Å²) in [6.45, 7) is 7.66. The summed E-state index contributed by atoms with van der Waals surface area (Å²) < 4.78 is 50.0. The summed E-state index contributed by atoms with van der Waals surface area (Å²) in [5, 5.41) is 2.59. The topological polar surface area (TPSA) is 93.7 Å². The fourth-order valence-electron chi connectivity index (χ4n) is 3.18. The van der Waals surface area contributed by atoms with Crippen LogP contribution in [0.3, 0.4) is 0 Å². The Balaban J connectivity index is 2.08. The number of alkyl carbamates (subject to hydrolysis) is 1. The van der Waals surface area contributed by atoms with Crippen molar-refractivity contribution in [3.05, 3.63) is 48.0 Å². The van der Waals surface area contributed by atoms with Gasteiger partial charge in [0.2, 0.25) is 0 Å². The Morgan fingerprint density at radius 1 is 1.03 bits per heavy atom. The number of alkyl halides is 3. The summed E-state index contributed by atoms with van der Waals surface area (Å²) in [4.78, 5) is 32.8. The van der Waals surface area contributed by atoms with E-state index in [9.17, 15) is 22.8 Å². The van der Waals surface area contributed by atoms with Crippen molar-refractivity contribution in [1.82, 2.24) is 20.2 Å². The van der Waals surface area contributed by atoms with Crippen molar-refractivity contribution >= 4 is 12.0 Å². The predicted octanol–water partition coefficient (Wildman–Crippen LogP) is 5.05. The van der Waals surface area contributed by atoms with Gasteiger partial charge in [-0.05, 0) is 45.7 Å². The minimum atomic E-state index is -3.17. The number of amides is 2. The molecule has 0 saturated carbocycles. The third kappa shape index (κ3) is 8.47. The van der Waals surface area contributed by atoms with Gasteiger partial charge in [-0.25, -0.2) is 14.8 Å². The fraction of sp³-hybridized carbons (Fsp3) is 0.520. The van der Waals surface area contributed by atoms with Crippen LogP contribution < -0.4 is 5.32 Å². The van der Waals surface area contributed by atoms with Crippen molar-refractivity contribution in [2.45, 2.75) is 71.4 Å². The third-order valence-corrected chi connectivity index (χ3v) is 5.24. The normalized spacial score (nSPS) is 12.8. The molecular formula is C25H33F3N4O4. The molecule has 2 rings (SSSR count). The van der Waals surface area contributed by atoms with Crippen molar-refractivity contribution in [3.63, 3.8) is 0 Å². The Labute approximate surface area is 209 Å². The van der Waals surface area contributed by atoms with Crippen LogP contribution in [0.2, 0.25) is 0 Å². The molecule has 0 aliphatic heterocycles. The van der Waals surface area contributed by atoms with Crippen LogP contribution >= 0.6 is 0 Å². The van der Waals surface area contributed by atoms with Crippen LogP contribution in [0.4, 0.5) is 18.0 Å². The van der Waals surface area contributed by atoms with Crippen LogP contribution in [-0.2, 0) is 20.8 Å². The van der Waals surface area contributed by atoms with Gasteiger partial charge in [0.05, 0.1) is 19.3 Å². The highest BCUT2D eigenvalue weighted by Gasteiger charge is 2.35. The van der Waals surface area contributed by atoms with Gasteiger partial charge in [0, 0.05) is 31.4 Å². The summed E-state index contributed by atoms with van der Waals surface area (Å²) >= 11 is 0. The largest absolute Gasteiger partial charge is 0.444 e. The Kier molecular flexibility index (Phi) is 9.80. The van der Waals surface area contributed by atoms with E-state index in [2.05, 4.69) is 15.3 Å². The molecule has 0 aliphatic rings. The number of rotatable bonds is 10. The SMILES string of the molecule is CN(C(=O)C(F)F)C(C)(C)O[C@@H](CCF)c1ccc(-c2cnc(CNC(=O)OC(C)(C)C)nc2)cc1.